The molecule has 156 valence electrons. The number of hydrogen-bond acceptors (Lipinski definition) is 8. The number of carbonyl (C=O) groups excluding carboxylic acids is 1. The minimum absolute atomic E-state index is 0.0241. The summed E-state index contributed by atoms with van der Waals surface area (Å²) in [7, 11) is 0. The summed E-state index contributed by atoms with van der Waals surface area (Å²) in [6.45, 7) is 4.98. The number of nitrogens with two attached hydrogens (primary N) is 1. The molecule has 3 aromatic heterocycles. The van der Waals surface area contributed by atoms with Gasteiger partial charge in [-0.2, -0.15) is 0 Å². The number of rotatable bonds is 3. The number of piperazine rings is 1. The Bertz CT molecular complexity index is 1100. The number of ether oxygens (including phenoxy) is 1. The molecule has 1 atom stereocenters. The van der Waals surface area contributed by atoms with E-state index in [1.54, 1.807) is 12.4 Å². The molecule has 5 heterocycles. The number of nitrogens with zero attached hydrogens (tertiary/aromatic N) is 6. The highest BCUT2D eigenvalue weighted by Gasteiger charge is 2.31. The van der Waals surface area contributed by atoms with Gasteiger partial charge in [0.1, 0.15) is 5.56 Å². The van der Waals surface area contributed by atoms with Gasteiger partial charge in [-0.25, -0.2) is 13.9 Å². The third-order valence-corrected chi connectivity index (χ3v) is 5.52. The van der Waals surface area contributed by atoms with E-state index < -0.39 is 11.7 Å². The van der Waals surface area contributed by atoms with Gasteiger partial charge in [0.15, 0.2) is 17.3 Å². The van der Waals surface area contributed by atoms with Gasteiger partial charge < -0.3 is 20.7 Å². The average molecular weight is 412 g/mol. The SMILES string of the molecule is Nc1nn2cc(F)cnc2c1C(=O)Nc1cnccc1N1CCN2CCOC[C@H]2C1. The van der Waals surface area contributed by atoms with Gasteiger partial charge in [0.25, 0.3) is 5.91 Å². The molecule has 30 heavy (non-hydrogen) atoms. The normalized spacial score (nSPS) is 19.6. The molecular formula is C19H21FN8O2. The van der Waals surface area contributed by atoms with E-state index in [9.17, 15) is 9.18 Å². The zero-order chi connectivity index (χ0) is 20.7. The highest BCUT2D eigenvalue weighted by Crippen LogP contribution is 2.29. The van der Waals surface area contributed by atoms with Crippen molar-refractivity contribution in [3.05, 3.63) is 42.2 Å². The van der Waals surface area contributed by atoms with Crippen molar-refractivity contribution in [3.63, 3.8) is 0 Å². The van der Waals surface area contributed by atoms with E-state index in [2.05, 4.69) is 30.2 Å². The fraction of sp³-hybridized carbons (Fsp3) is 0.368. The Kier molecular flexibility index (Phi) is 4.68. The van der Waals surface area contributed by atoms with E-state index in [-0.39, 0.29) is 17.0 Å². The summed E-state index contributed by atoms with van der Waals surface area (Å²) in [4.78, 5) is 25.8. The number of morpholine rings is 1. The second-order valence-corrected chi connectivity index (χ2v) is 7.36. The molecule has 10 nitrogen and oxygen atoms in total. The number of fused-ring (bicyclic) bond motifs is 2. The van der Waals surface area contributed by atoms with Gasteiger partial charge >= 0.3 is 0 Å². The molecular weight excluding hydrogens is 391 g/mol. The Morgan fingerprint density at radius 2 is 2.20 bits per heavy atom. The lowest BCUT2D eigenvalue weighted by molar-refractivity contribution is -0.0116. The van der Waals surface area contributed by atoms with Crippen LogP contribution in [-0.2, 0) is 4.74 Å². The van der Waals surface area contributed by atoms with E-state index in [0.717, 1.165) is 55.4 Å². The zero-order valence-electron chi connectivity index (χ0n) is 16.2. The molecule has 2 aliphatic heterocycles. The van der Waals surface area contributed by atoms with Crippen LogP contribution in [0.4, 0.5) is 21.6 Å². The Hall–Kier alpha value is -3.31. The van der Waals surface area contributed by atoms with Crippen LogP contribution >= 0.6 is 0 Å². The zero-order valence-corrected chi connectivity index (χ0v) is 16.2. The van der Waals surface area contributed by atoms with Crippen molar-refractivity contribution in [1.29, 1.82) is 0 Å². The van der Waals surface area contributed by atoms with Crippen LogP contribution in [0.3, 0.4) is 0 Å². The molecule has 0 unspecified atom stereocenters. The number of carbonyl (C=O) groups is 1. The Labute approximate surface area is 171 Å². The summed E-state index contributed by atoms with van der Waals surface area (Å²) >= 11 is 0. The number of aromatic nitrogens is 4. The first-order chi connectivity index (χ1) is 14.6. The summed E-state index contributed by atoms with van der Waals surface area (Å²) in [6, 6.07) is 2.20. The lowest BCUT2D eigenvalue weighted by atomic mass is 10.1. The molecule has 0 aliphatic carbocycles. The summed E-state index contributed by atoms with van der Waals surface area (Å²) in [5.74, 6) is -1.07. The largest absolute Gasteiger partial charge is 0.381 e. The van der Waals surface area contributed by atoms with Crippen LogP contribution in [0.5, 0.6) is 0 Å². The predicted octanol–water partition coefficient (Wildman–Crippen LogP) is 0.619. The van der Waals surface area contributed by atoms with Gasteiger partial charge in [-0.3, -0.25) is 14.7 Å². The standard InChI is InChI=1S/C19H21FN8O2/c20-12-7-23-18-16(17(21)25-28(18)9-12)19(29)24-14-8-22-2-1-15(14)27-4-3-26-5-6-30-11-13(26)10-27/h1-2,7-9,13H,3-6,10-11H2,(H2,21,25)(H,24,29)/t13-/m1/s1. The minimum Gasteiger partial charge on any atom is -0.381 e. The van der Waals surface area contributed by atoms with E-state index in [1.165, 1.54) is 0 Å². The number of amides is 1. The van der Waals surface area contributed by atoms with Crippen molar-refractivity contribution in [2.24, 2.45) is 0 Å². The topological polar surface area (TPSA) is 114 Å². The maximum Gasteiger partial charge on any atom is 0.263 e. The predicted molar refractivity (Wildman–Crippen MR) is 108 cm³/mol. The Balaban J connectivity index is 1.41. The molecule has 3 aromatic rings. The highest BCUT2D eigenvalue weighted by atomic mass is 19.1. The lowest BCUT2D eigenvalue weighted by Gasteiger charge is -2.44. The Morgan fingerprint density at radius 1 is 1.30 bits per heavy atom. The van der Waals surface area contributed by atoms with Crippen LogP contribution in [0.1, 0.15) is 10.4 Å². The number of nitrogen functional groups attached to an aromatic ring is 1. The van der Waals surface area contributed by atoms with Gasteiger partial charge in [0.05, 0.1) is 49.2 Å². The summed E-state index contributed by atoms with van der Waals surface area (Å²) < 4.78 is 20.2. The van der Waals surface area contributed by atoms with Crippen molar-refractivity contribution in [1.82, 2.24) is 24.5 Å². The van der Waals surface area contributed by atoms with Crippen molar-refractivity contribution < 1.29 is 13.9 Å². The fourth-order valence-electron chi connectivity index (χ4n) is 4.06. The Morgan fingerprint density at radius 3 is 3.10 bits per heavy atom. The van der Waals surface area contributed by atoms with E-state index in [4.69, 9.17) is 10.5 Å². The van der Waals surface area contributed by atoms with Crippen LogP contribution in [-0.4, -0.2) is 75.8 Å². The number of pyridine rings is 1. The van der Waals surface area contributed by atoms with Crippen molar-refractivity contribution in [2.45, 2.75) is 6.04 Å². The molecule has 1 amide bonds. The lowest BCUT2D eigenvalue weighted by Crippen LogP contribution is -2.58. The molecule has 0 spiro atoms. The van der Waals surface area contributed by atoms with Gasteiger partial charge in [0, 0.05) is 32.4 Å². The molecule has 11 heteroatoms. The smallest absolute Gasteiger partial charge is 0.263 e. The first-order valence-corrected chi connectivity index (χ1v) is 9.71. The molecule has 0 aromatic carbocycles. The summed E-state index contributed by atoms with van der Waals surface area (Å²) in [6.07, 6.45) is 5.44. The molecule has 0 radical (unpaired) electrons. The number of anilines is 3. The second kappa shape index (κ2) is 7.50. The van der Waals surface area contributed by atoms with Crippen LogP contribution in [0.2, 0.25) is 0 Å². The molecule has 0 saturated carbocycles. The number of hydrogen-bond donors (Lipinski definition) is 2. The van der Waals surface area contributed by atoms with Crippen LogP contribution in [0.15, 0.2) is 30.9 Å². The summed E-state index contributed by atoms with van der Waals surface area (Å²) in [5, 5.41) is 6.85. The average Bonchev–Trinajstić information content (AvgIpc) is 3.08. The van der Waals surface area contributed by atoms with E-state index in [0.29, 0.717) is 18.3 Å². The third kappa shape index (κ3) is 3.31. The molecule has 2 aliphatic rings. The highest BCUT2D eigenvalue weighted by molar-refractivity contribution is 6.12. The molecule has 5 rings (SSSR count). The molecule has 2 fully saturated rings. The number of halogens is 1. The van der Waals surface area contributed by atoms with Crippen molar-refractivity contribution in [2.75, 3.05) is 55.3 Å². The molecule has 0 bridgehead atoms. The quantitative estimate of drug-likeness (QED) is 0.644. The van der Waals surface area contributed by atoms with E-state index >= 15 is 0 Å². The molecule has 2 saturated heterocycles. The van der Waals surface area contributed by atoms with Crippen LogP contribution in [0, 0.1) is 5.82 Å². The first-order valence-electron chi connectivity index (χ1n) is 9.71. The van der Waals surface area contributed by atoms with Crippen LogP contribution < -0.4 is 16.0 Å². The van der Waals surface area contributed by atoms with E-state index in [1.807, 2.05) is 6.07 Å². The monoisotopic (exact) mass is 412 g/mol. The molecule has 3 N–H and O–H groups in total. The minimum atomic E-state index is -0.572. The van der Waals surface area contributed by atoms with Crippen molar-refractivity contribution >= 4 is 28.7 Å². The van der Waals surface area contributed by atoms with Gasteiger partial charge in [0.2, 0.25) is 0 Å². The second-order valence-electron chi connectivity index (χ2n) is 7.36. The summed E-state index contributed by atoms with van der Waals surface area (Å²) in [5.41, 5.74) is 7.63. The maximum absolute atomic E-state index is 13.4. The fourth-order valence-corrected chi connectivity index (χ4v) is 4.06. The van der Waals surface area contributed by atoms with Crippen molar-refractivity contribution in [3.8, 4) is 0 Å². The first kappa shape index (κ1) is 18.7. The van der Waals surface area contributed by atoms with Gasteiger partial charge in [-0.05, 0) is 6.07 Å². The third-order valence-electron chi connectivity index (χ3n) is 5.52. The maximum atomic E-state index is 13.4. The van der Waals surface area contributed by atoms with Crippen LogP contribution in [0.25, 0.3) is 5.65 Å². The number of nitrogens with one attached hydrogen (secondary N) is 1. The van der Waals surface area contributed by atoms with Gasteiger partial charge in [-0.1, -0.05) is 0 Å². The van der Waals surface area contributed by atoms with Gasteiger partial charge in [-0.15, -0.1) is 5.10 Å².